The van der Waals surface area contributed by atoms with E-state index < -0.39 is 0 Å². The fourth-order valence-corrected chi connectivity index (χ4v) is 3.76. The molecule has 0 spiro atoms. The normalized spacial score (nSPS) is 10.9. The molecule has 0 saturated heterocycles. The summed E-state index contributed by atoms with van der Waals surface area (Å²) in [6, 6.07) is 14.4. The van der Waals surface area contributed by atoms with Gasteiger partial charge in [-0.25, -0.2) is 4.98 Å². The summed E-state index contributed by atoms with van der Waals surface area (Å²) in [5.41, 5.74) is 9.02. The van der Waals surface area contributed by atoms with E-state index in [1.54, 1.807) is 36.7 Å². The molecule has 1 aromatic carbocycles. The summed E-state index contributed by atoms with van der Waals surface area (Å²) in [5, 5.41) is 1.38. The van der Waals surface area contributed by atoms with Gasteiger partial charge in [0.15, 0.2) is 0 Å². The van der Waals surface area contributed by atoms with Gasteiger partial charge in [-0.1, -0.05) is 11.6 Å². The number of aromatic nitrogens is 2. The number of nitrogens with two attached hydrogens (primary N) is 1. The molecule has 0 atom stereocenters. The number of anilines is 1. The average molecular weight is 366 g/mol. The zero-order valence-corrected chi connectivity index (χ0v) is 14.5. The van der Waals surface area contributed by atoms with Crippen LogP contribution in [0.15, 0.2) is 60.9 Å². The van der Waals surface area contributed by atoms with Crippen LogP contribution < -0.4 is 5.73 Å². The third-order valence-electron chi connectivity index (χ3n) is 3.88. The van der Waals surface area contributed by atoms with Crippen LogP contribution in [-0.4, -0.2) is 15.8 Å². The predicted molar refractivity (Wildman–Crippen MR) is 102 cm³/mol. The van der Waals surface area contributed by atoms with Gasteiger partial charge in [0.2, 0.25) is 5.78 Å². The Morgan fingerprint density at radius 1 is 1.00 bits per heavy atom. The Hall–Kier alpha value is -2.76. The van der Waals surface area contributed by atoms with Crippen LogP contribution in [0.4, 0.5) is 5.69 Å². The Bertz CT molecular complexity index is 1080. The van der Waals surface area contributed by atoms with Gasteiger partial charge in [-0.15, -0.1) is 11.3 Å². The number of rotatable bonds is 3. The van der Waals surface area contributed by atoms with E-state index in [1.165, 1.54) is 11.3 Å². The van der Waals surface area contributed by atoms with Crippen molar-refractivity contribution in [1.29, 1.82) is 0 Å². The molecule has 0 radical (unpaired) electrons. The largest absolute Gasteiger partial charge is 0.397 e. The van der Waals surface area contributed by atoms with Gasteiger partial charge < -0.3 is 5.73 Å². The molecule has 6 heteroatoms. The van der Waals surface area contributed by atoms with E-state index >= 15 is 0 Å². The number of thiophene rings is 1. The first-order chi connectivity index (χ1) is 12.1. The van der Waals surface area contributed by atoms with Crippen molar-refractivity contribution in [3.8, 4) is 11.3 Å². The van der Waals surface area contributed by atoms with Crippen molar-refractivity contribution in [2.75, 3.05) is 5.73 Å². The Morgan fingerprint density at radius 3 is 2.44 bits per heavy atom. The Morgan fingerprint density at radius 2 is 1.72 bits per heavy atom. The molecule has 0 unspecified atom stereocenters. The minimum atomic E-state index is -0.123. The summed E-state index contributed by atoms with van der Waals surface area (Å²) in [5.74, 6) is -0.123. The molecule has 4 aromatic rings. The fourth-order valence-electron chi connectivity index (χ4n) is 2.58. The molecule has 0 aliphatic heterocycles. The van der Waals surface area contributed by atoms with Gasteiger partial charge in [-0.05, 0) is 48.5 Å². The molecule has 25 heavy (non-hydrogen) atoms. The second kappa shape index (κ2) is 6.27. The van der Waals surface area contributed by atoms with Crippen LogP contribution in [0, 0.1) is 0 Å². The van der Waals surface area contributed by atoms with Gasteiger partial charge in [0.1, 0.15) is 9.71 Å². The molecule has 4 nitrogen and oxygen atoms in total. The molecule has 0 aliphatic carbocycles. The first kappa shape index (κ1) is 15.7. The SMILES string of the molecule is Nc1c(C(=O)c2ccc(Cl)cc2)sc2nc(-c3ccncc3)ccc12. The van der Waals surface area contributed by atoms with E-state index in [0.29, 0.717) is 21.2 Å². The average Bonchev–Trinajstić information content (AvgIpc) is 2.98. The van der Waals surface area contributed by atoms with Crippen molar-refractivity contribution in [3.63, 3.8) is 0 Å². The lowest BCUT2D eigenvalue weighted by Crippen LogP contribution is -2.01. The number of fused-ring (bicyclic) bond motifs is 1. The summed E-state index contributed by atoms with van der Waals surface area (Å²) in [4.78, 5) is 22.7. The maximum Gasteiger partial charge on any atom is 0.205 e. The van der Waals surface area contributed by atoms with Crippen molar-refractivity contribution in [1.82, 2.24) is 9.97 Å². The summed E-state index contributed by atoms with van der Waals surface area (Å²) < 4.78 is 0. The molecule has 122 valence electrons. The highest BCUT2D eigenvalue weighted by Gasteiger charge is 2.19. The highest BCUT2D eigenvalue weighted by Crippen LogP contribution is 2.35. The topological polar surface area (TPSA) is 68.9 Å². The van der Waals surface area contributed by atoms with Gasteiger partial charge in [-0.3, -0.25) is 9.78 Å². The summed E-state index contributed by atoms with van der Waals surface area (Å²) in [6.45, 7) is 0. The van der Waals surface area contributed by atoms with Gasteiger partial charge in [-0.2, -0.15) is 0 Å². The maximum atomic E-state index is 12.8. The Labute approximate surface area is 152 Å². The van der Waals surface area contributed by atoms with E-state index in [1.807, 2.05) is 24.3 Å². The number of benzene rings is 1. The number of halogens is 1. The van der Waals surface area contributed by atoms with Gasteiger partial charge >= 0.3 is 0 Å². The standard InChI is InChI=1S/C19H12ClN3OS/c20-13-3-1-12(2-4-13)17(24)18-16(21)14-5-6-15(23-19(14)25-18)11-7-9-22-10-8-11/h1-10H,21H2. The first-order valence-corrected chi connectivity index (χ1v) is 8.72. The number of ketones is 1. The molecule has 0 amide bonds. The fraction of sp³-hybridized carbons (Fsp3) is 0. The number of nitrogens with zero attached hydrogens (tertiary/aromatic N) is 2. The molecule has 3 aromatic heterocycles. The van der Waals surface area contributed by atoms with Crippen LogP contribution in [0.5, 0.6) is 0 Å². The third kappa shape index (κ3) is 2.88. The second-order valence-corrected chi connectivity index (χ2v) is 6.90. The number of carbonyl (C=O) groups is 1. The van der Waals surface area contributed by atoms with Crippen molar-refractivity contribution >= 4 is 44.6 Å². The molecule has 3 heterocycles. The van der Waals surface area contributed by atoms with E-state index in [9.17, 15) is 4.79 Å². The second-order valence-electron chi connectivity index (χ2n) is 5.47. The Kier molecular flexibility index (Phi) is 3.95. The molecule has 0 saturated carbocycles. The van der Waals surface area contributed by atoms with E-state index in [4.69, 9.17) is 17.3 Å². The molecular weight excluding hydrogens is 354 g/mol. The van der Waals surface area contributed by atoms with Crippen LogP contribution in [0.1, 0.15) is 15.2 Å². The predicted octanol–water partition coefficient (Wildman–Crippen LogP) is 4.82. The molecule has 0 fully saturated rings. The van der Waals surface area contributed by atoms with Gasteiger partial charge in [0.25, 0.3) is 0 Å². The van der Waals surface area contributed by atoms with Crippen LogP contribution in [-0.2, 0) is 0 Å². The summed E-state index contributed by atoms with van der Waals surface area (Å²) >= 11 is 7.19. The number of pyridine rings is 2. The zero-order chi connectivity index (χ0) is 17.4. The monoisotopic (exact) mass is 365 g/mol. The zero-order valence-electron chi connectivity index (χ0n) is 12.9. The summed E-state index contributed by atoms with van der Waals surface area (Å²) in [6.07, 6.45) is 3.44. The Balaban J connectivity index is 1.79. The van der Waals surface area contributed by atoms with Crippen LogP contribution >= 0.6 is 22.9 Å². The first-order valence-electron chi connectivity index (χ1n) is 7.53. The van der Waals surface area contributed by atoms with Crippen molar-refractivity contribution in [3.05, 3.63) is 76.4 Å². The number of nitrogen functional groups attached to an aromatic ring is 1. The lowest BCUT2D eigenvalue weighted by atomic mass is 10.1. The van der Waals surface area contributed by atoms with Gasteiger partial charge in [0, 0.05) is 33.9 Å². The smallest absolute Gasteiger partial charge is 0.205 e. The number of hydrogen-bond donors (Lipinski definition) is 1. The minimum absolute atomic E-state index is 0.123. The highest BCUT2D eigenvalue weighted by molar-refractivity contribution is 7.21. The third-order valence-corrected chi connectivity index (χ3v) is 5.25. The van der Waals surface area contributed by atoms with Crippen LogP contribution in [0.3, 0.4) is 0 Å². The summed E-state index contributed by atoms with van der Waals surface area (Å²) in [7, 11) is 0. The quantitative estimate of drug-likeness (QED) is 0.528. The maximum absolute atomic E-state index is 12.8. The number of hydrogen-bond acceptors (Lipinski definition) is 5. The molecular formula is C19H12ClN3OS. The molecule has 0 bridgehead atoms. The van der Waals surface area contributed by atoms with Crippen molar-refractivity contribution in [2.45, 2.75) is 0 Å². The van der Waals surface area contributed by atoms with Crippen LogP contribution in [0.2, 0.25) is 5.02 Å². The lowest BCUT2D eigenvalue weighted by Gasteiger charge is -2.00. The van der Waals surface area contributed by atoms with Crippen molar-refractivity contribution in [2.24, 2.45) is 0 Å². The molecule has 2 N–H and O–H groups in total. The minimum Gasteiger partial charge on any atom is -0.397 e. The lowest BCUT2D eigenvalue weighted by molar-refractivity contribution is 0.104. The van der Waals surface area contributed by atoms with E-state index in [2.05, 4.69) is 9.97 Å². The molecule has 0 aliphatic rings. The van der Waals surface area contributed by atoms with Crippen molar-refractivity contribution < 1.29 is 4.79 Å². The van der Waals surface area contributed by atoms with Gasteiger partial charge in [0.05, 0.1) is 11.4 Å². The van der Waals surface area contributed by atoms with Crippen LogP contribution in [0.25, 0.3) is 21.5 Å². The number of carbonyl (C=O) groups excluding carboxylic acids is 1. The van der Waals surface area contributed by atoms with E-state index in [-0.39, 0.29) is 5.78 Å². The molecule has 4 rings (SSSR count). The highest BCUT2D eigenvalue weighted by atomic mass is 35.5. The van der Waals surface area contributed by atoms with E-state index in [0.717, 1.165) is 21.5 Å².